The maximum absolute atomic E-state index is 6.45. The quantitative estimate of drug-likeness (QED) is 0.902. The summed E-state index contributed by atoms with van der Waals surface area (Å²) >= 11 is 3.35. The van der Waals surface area contributed by atoms with Crippen LogP contribution in [0.4, 0.5) is 0 Å². The summed E-state index contributed by atoms with van der Waals surface area (Å²) in [6.07, 6.45) is 8.23. The van der Waals surface area contributed by atoms with Crippen molar-refractivity contribution in [3.8, 4) is 0 Å². The van der Waals surface area contributed by atoms with Gasteiger partial charge < -0.3 is 10.6 Å². The Balaban J connectivity index is 1.71. The summed E-state index contributed by atoms with van der Waals surface area (Å²) in [5.41, 5.74) is 6.12. The topological polar surface area (TPSA) is 55.0 Å². The lowest BCUT2D eigenvalue weighted by atomic mass is 9.87. The summed E-state index contributed by atoms with van der Waals surface area (Å²) in [6.45, 7) is 2.17. The standard InChI is InChI=1S/C12H17BrN4/c13-9-7-15-11(16-8-9)12(14)3-5-17(6-4-12)10-1-2-10/h7-8,10H,1-6,14H2. The highest BCUT2D eigenvalue weighted by Crippen LogP contribution is 2.34. The molecule has 1 aliphatic heterocycles. The number of nitrogens with two attached hydrogens (primary N) is 1. The average molecular weight is 297 g/mol. The van der Waals surface area contributed by atoms with Gasteiger partial charge in [0.15, 0.2) is 0 Å². The lowest BCUT2D eigenvalue weighted by molar-refractivity contribution is 0.149. The Kier molecular flexibility index (Phi) is 2.92. The van der Waals surface area contributed by atoms with E-state index in [1.807, 2.05) is 0 Å². The molecule has 2 heterocycles. The molecule has 3 rings (SSSR count). The average Bonchev–Trinajstić information content (AvgIpc) is 3.15. The predicted octanol–water partition coefficient (Wildman–Crippen LogP) is 1.65. The first-order chi connectivity index (χ1) is 8.17. The molecule has 1 saturated heterocycles. The summed E-state index contributed by atoms with van der Waals surface area (Å²) < 4.78 is 0.903. The van der Waals surface area contributed by atoms with Gasteiger partial charge in [0.25, 0.3) is 0 Å². The maximum atomic E-state index is 6.45. The lowest BCUT2D eigenvalue weighted by Crippen LogP contribution is -2.49. The molecule has 92 valence electrons. The number of aromatic nitrogens is 2. The minimum atomic E-state index is -0.327. The molecule has 1 aromatic heterocycles. The van der Waals surface area contributed by atoms with E-state index < -0.39 is 0 Å². The molecule has 1 aromatic rings. The minimum Gasteiger partial charge on any atom is -0.319 e. The second-order valence-corrected chi connectivity index (χ2v) is 6.06. The maximum Gasteiger partial charge on any atom is 0.148 e. The van der Waals surface area contributed by atoms with Crippen LogP contribution in [0.25, 0.3) is 0 Å². The SMILES string of the molecule is NC1(c2ncc(Br)cn2)CCN(C2CC2)CC1. The molecule has 5 heteroatoms. The van der Waals surface area contributed by atoms with Crippen molar-refractivity contribution < 1.29 is 0 Å². The Morgan fingerprint density at radius 2 is 1.82 bits per heavy atom. The van der Waals surface area contributed by atoms with Crippen molar-refractivity contribution in [3.05, 3.63) is 22.7 Å². The number of halogens is 1. The smallest absolute Gasteiger partial charge is 0.148 e. The zero-order valence-electron chi connectivity index (χ0n) is 9.77. The molecule has 0 atom stereocenters. The van der Waals surface area contributed by atoms with Gasteiger partial charge in [0.1, 0.15) is 5.82 Å². The van der Waals surface area contributed by atoms with E-state index in [9.17, 15) is 0 Å². The van der Waals surface area contributed by atoms with Crippen LogP contribution in [0.15, 0.2) is 16.9 Å². The third-order valence-corrected chi connectivity index (χ3v) is 4.23. The Hall–Kier alpha value is -0.520. The van der Waals surface area contributed by atoms with E-state index in [1.165, 1.54) is 12.8 Å². The molecule has 0 bridgehead atoms. The van der Waals surface area contributed by atoms with Gasteiger partial charge in [-0.2, -0.15) is 0 Å². The molecule has 17 heavy (non-hydrogen) atoms. The second kappa shape index (κ2) is 4.30. The molecule has 0 radical (unpaired) electrons. The molecule has 2 aliphatic rings. The van der Waals surface area contributed by atoms with E-state index in [1.54, 1.807) is 12.4 Å². The number of hydrogen-bond donors (Lipinski definition) is 1. The first kappa shape index (κ1) is 11.6. The van der Waals surface area contributed by atoms with Crippen LogP contribution in [0, 0.1) is 0 Å². The number of nitrogens with zero attached hydrogens (tertiary/aromatic N) is 3. The van der Waals surface area contributed by atoms with Gasteiger partial charge in [-0.3, -0.25) is 0 Å². The highest BCUT2D eigenvalue weighted by Gasteiger charge is 2.39. The van der Waals surface area contributed by atoms with Gasteiger partial charge in [-0.1, -0.05) is 0 Å². The van der Waals surface area contributed by atoms with Crippen molar-refractivity contribution in [2.75, 3.05) is 13.1 Å². The van der Waals surface area contributed by atoms with Gasteiger partial charge in [0.05, 0.1) is 10.0 Å². The third kappa shape index (κ3) is 2.37. The monoisotopic (exact) mass is 296 g/mol. The van der Waals surface area contributed by atoms with Crippen molar-refractivity contribution in [1.82, 2.24) is 14.9 Å². The van der Waals surface area contributed by atoms with E-state index in [2.05, 4.69) is 30.8 Å². The van der Waals surface area contributed by atoms with E-state index >= 15 is 0 Å². The molecule has 0 amide bonds. The summed E-state index contributed by atoms with van der Waals surface area (Å²) in [5.74, 6) is 0.788. The summed E-state index contributed by atoms with van der Waals surface area (Å²) in [4.78, 5) is 11.3. The van der Waals surface area contributed by atoms with E-state index in [0.717, 1.165) is 42.3 Å². The van der Waals surface area contributed by atoms with Gasteiger partial charge in [-0.15, -0.1) is 0 Å². The zero-order valence-corrected chi connectivity index (χ0v) is 11.4. The van der Waals surface area contributed by atoms with E-state index in [0.29, 0.717) is 0 Å². The predicted molar refractivity (Wildman–Crippen MR) is 69.4 cm³/mol. The van der Waals surface area contributed by atoms with E-state index in [-0.39, 0.29) is 5.54 Å². The van der Waals surface area contributed by atoms with Gasteiger partial charge in [0, 0.05) is 31.5 Å². The van der Waals surface area contributed by atoms with Crippen molar-refractivity contribution in [3.63, 3.8) is 0 Å². The fraction of sp³-hybridized carbons (Fsp3) is 0.667. The first-order valence-corrected chi connectivity index (χ1v) is 6.98. The Morgan fingerprint density at radius 3 is 2.35 bits per heavy atom. The van der Waals surface area contributed by atoms with Crippen molar-refractivity contribution in [1.29, 1.82) is 0 Å². The molecule has 0 aromatic carbocycles. The Bertz CT molecular complexity index is 393. The fourth-order valence-electron chi connectivity index (χ4n) is 2.52. The molecule has 1 saturated carbocycles. The number of rotatable bonds is 2. The summed E-state index contributed by atoms with van der Waals surface area (Å²) in [6, 6.07) is 0.838. The van der Waals surface area contributed by atoms with Gasteiger partial charge in [-0.25, -0.2) is 9.97 Å². The third-order valence-electron chi connectivity index (χ3n) is 3.82. The van der Waals surface area contributed by atoms with Crippen LogP contribution in [0.1, 0.15) is 31.5 Å². The van der Waals surface area contributed by atoms with Crippen molar-refractivity contribution in [2.45, 2.75) is 37.3 Å². The summed E-state index contributed by atoms with van der Waals surface area (Å²) in [7, 11) is 0. The zero-order chi connectivity index (χ0) is 11.9. The number of likely N-dealkylation sites (tertiary alicyclic amines) is 1. The largest absolute Gasteiger partial charge is 0.319 e. The molecular formula is C12H17BrN4. The number of hydrogen-bond acceptors (Lipinski definition) is 4. The van der Waals surface area contributed by atoms with Crippen LogP contribution in [0.2, 0.25) is 0 Å². The normalized spacial score (nSPS) is 24.8. The molecule has 0 spiro atoms. The van der Waals surface area contributed by atoms with Crippen LogP contribution < -0.4 is 5.73 Å². The Morgan fingerprint density at radius 1 is 1.24 bits per heavy atom. The second-order valence-electron chi connectivity index (χ2n) is 5.15. The van der Waals surface area contributed by atoms with Gasteiger partial charge in [0.2, 0.25) is 0 Å². The van der Waals surface area contributed by atoms with Crippen LogP contribution in [0.5, 0.6) is 0 Å². The molecule has 2 N–H and O–H groups in total. The highest BCUT2D eigenvalue weighted by atomic mass is 79.9. The lowest BCUT2D eigenvalue weighted by Gasteiger charge is -2.38. The van der Waals surface area contributed by atoms with Crippen molar-refractivity contribution >= 4 is 15.9 Å². The van der Waals surface area contributed by atoms with Gasteiger partial charge in [-0.05, 0) is 41.6 Å². The van der Waals surface area contributed by atoms with Crippen LogP contribution in [0.3, 0.4) is 0 Å². The van der Waals surface area contributed by atoms with Crippen molar-refractivity contribution in [2.24, 2.45) is 5.73 Å². The molecular weight excluding hydrogens is 280 g/mol. The van der Waals surface area contributed by atoms with Gasteiger partial charge >= 0.3 is 0 Å². The highest BCUT2D eigenvalue weighted by molar-refractivity contribution is 9.10. The first-order valence-electron chi connectivity index (χ1n) is 6.18. The van der Waals surface area contributed by atoms with Crippen LogP contribution in [-0.2, 0) is 5.54 Å². The Labute approximate surface area is 110 Å². The van der Waals surface area contributed by atoms with Crippen LogP contribution in [-0.4, -0.2) is 34.0 Å². The molecule has 0 unspecified atom stereocenters. The minimum absolute atomic E-state index is 0.327. The molecule has 1 aliphatic carbocycles. The number of piperidine rings is 1. The fourth-order valence-corrected chi connectivity index (χ4v) is 2.73. The van der Waals surface area contributed by atoms with Crippen LogP contribution >= 0.6 is 15.9 Å². The summed E-state index contributed by atoms with van der Waals surface area (Å²) in [5, 5.41) is 0. The van der Waals surface area contributed by atoms with E-state index in [4.69, 9.17) is 5.73 Å². The molecule has 4 nitrogen and oxygen atoms in total. The molecule has 2 fully saturated rings.